The van der Waals surface area contributed by atoms with Crippen molar-refractivity contribution in [3.05, 3.63) is 0 Å². The molecule has 0 unspecified atom stereocenters. The molecule has 0 atom stereocenters. The Morgan fingerprint density at radius 1 is 1.32 bits per heavy atom. The van der Waals surface area contributed by atoms with Crippen molar-refractivity contribution in [3.8, 4) is 0 Å². The van der Waals surface area contributed by atoms with Gasteiger partial charge < -0.3 is 15.4 Å². The molecule has 5 heteroatoms. The lowest BCUT2D eigenvalue weighted by Crippen LogP contribution is -2.55. The zero-order valence-electron chi connectivity index (χ0n) is 12.8. The molecule has 1 aliphatic heterocycles. The number of hydrogen-bond acceptors (Lipinski definition) is 4. The smallest absolute Gasteiger partial charge is 0.221 e. The summed E-state index contributed by atoms with van der Waals surface area (Å²) in [5, 5.41) is 6.28. The van der Waals surface area contributed by atoms with Crippen LogP contribution < -0.4 is 10.6 Å². The van der Waals surface area contributed by atoms with Crippen LogP contribution in [0.1, 0.15) is 34.1 Å². The van der Waals surface area contributed by atoms with Gasteiger partial charge in [0.15, 0.2) is 0 Å². The van der Waals surface area contributed by atoms with Crippen molar-refractivity contribution >= 4 is 5.91 Å². The van der Waals surface area contributed by atoms with Gasteiger partial charge in [-0.25, -0.2) is 0 Å². The van der Waals surface area contributed by atoms with Crippen molar-refractivity contribution in [1.82, 2.24) is 15.5 Å². The second-order valence-corrected chi connectivity index (χ2v) is 6.05. The van der Waals surface area contributed by atoms with Gasteiger partial charge in [0.05, 0.1) is 13.2 Å². The van der Waals surface area contributed by atoms with Gasteiger partial charge in [0.1, 0.15) is 0 Å². The molecule has 1 aliphatic rings. The lowest BCUT2D eigenvalue weighted by Gasteiger charge is -2.40. The lowest BCUT2D eigenvalue weighted by molar-refractivity contribution is -0.121. The number of morpholine rings is 1. The molecule has 5 nitrogen and oxygen atoms in total. The number of ether oxygens (including phenoxy) is 1. The Morgan fingerprint density at radius 2 is 1.95 bits per heavy atom. The maximum absolute atomic E-state index is 11.8. The molecule has 1 fully saturated rings. The van der Waals surface area contributed by atoms with Gasteiger partial charge in [0.25, 0.3) is 0 Å². The Kier molecular flexibility index (Phi) is 6.75. The van der Waals surface area contributed by atoms with E-state index in [-0.39, 0.29) is 11.4 Å². The van der Waals surface area contributed by atoms with Crippen LogP contribution in [0.25, 0.3) is 0 Å². The molecule has 1 heterocycles. The van der Waals surface area contributed by atoms with E-state index in [0.717, 1.165) is 32.8 Å². The Labute approximate surface area is 117 Å². The molecule has 0 aromatic rings. The molecular weight excluding hydrogens is 242 g/mol. The quantitative estimate of drug-likeness (QED) is 0.712. The number of nitrogens with one attached hydrogen (secondary N) is 2. The molecule has 0 saturated carbocycles. The number of carbonyl (C=O) groups is 1. The van der Waals surface area contributed by atoms with Gasteiger partial charge in [-0.1, -0.05) is 13.8 Å². The summed E-state index contributed by atoms with van der Waals surface area (Å²) in [5.74, 6) is 0.120. The predicted molar refractivity (Wildman–Crippen MR) is 77.2 cm³/mol. The molecule has 1 rings (SSSR count). The second-order valence-electron chi connectivity index (χ2n) is 6.05. The van der Waals surface area contributed by atoms with E-state index in [1.54, 1.807) is 0 Å². The van der Waals surface area contributed by atoms with Crippen LogP contribution in [0.15, 0.2) is 0 Å². The standard InChI is InChI=1S/C14H29N3O2/c1-12(2)15-6-5-13(18)16-11-14(3,4)17-7-9-19-10-8-17/h12,15H,5-11H2,1-4H3,(H,16,18). The van der Waals surface area contributed by atoms with Gasteiger partial charge in [-0.3, -0.25) is 9.69 Å². The highest BCUT2D eigenvalue weighted by molar-refractivity contribution is 5.76. The zero-order valence-corrected chi connectivity index (χ0v) is 12.8. The van der Waals surface area contributed by atoms with Crippen molar-refractivity contribution in [1.29, 1.82) is 0 Å². The van der Waals surface area contributed by atoms with Crippen LogP contribution in [0.4, 0.5) is 0 Å². The van der Waals surface area contributed by atoms with Crippen LogP contribution in [0.2, 0.25) is 0 Å². The van der Waals surface area contributed by atoms with Crippen LogP contribution in [-0.2, 0) is 9.53 Å². The molecule has 0 radical (unpaired) electrons. The van der Waals surface area contributed by atoms with Crippen LogP contribution in [0.3, 0.4) is 0 Å². The summed E-state index contributed by atoms with van der Waals surface area (Å²) < 4.78 is 5.36. The summed E-state index contributed by atoms with van der Waals surface area (Å²) in [6.45, 7) is 13.4. The SMILES string of the molecule is CC(C)NCCC(=O)NCC(C)(C)N1CCOCC1. The third kappa shape index (κ3) is 6.36. The molecule has 2 N–H and O–H groups in total. The van der Waals surface area contributed by atoms with E-state index >= 15 is 0 Å². The first-order chi connectivity index (χ1) is 8.92. The number of nitrogens with zero attached hydrogens (tertiary/aromatic N) is 1. The minimum atomic E-state index is -0.00901. The van der Waals surface area contributed by atoms with E-state index in [2.05, 4.69) is 43.2 Å². The topological polar surface area (TPSA) is 53.6 Å². The monoisotopic (exact) mass is 271 g/mol. The maximum atomic E-state index is 11.8. The van der Waals surface area contributed by atoms with E-state index in [9.17, 15) is 4.79 Å². The fraction of sp³-hybridized carbons (Fsp3) is 0.929. The molecular formula is C14H29N3O2. The van der Waals surface area contributed by atoms with E-state index in [1.165, 1.54) is 0 Å². The molecule has 112 valence electrons. The average molecular weight is 271 g/mol. The minimum absolute atomic E-state index is 0.00901. The lowest BCUT2D eigenvalue weighted by atomic mass is 10.0. The Balaban J connectivity index is 2.23. The van der Waals surface area contributed by atoms with Gasteiger partial charge in [-0.05, 0) is 13.8 Å². The fourth-order valence-corrected chi connectivity index (χ4v) is 2.16. The third-order valence-electron chi connectivity index (χ3n) is 3.49. The molecule has 0 spiro atoms. The molecule has 1 amide bonds. The summed E-state index contributed by atoms with van der Waals surface area (Å²) in [6, 6.07) is 0.428. The normalized spacial score (nSPS) is 17.7. The minimum Gasteiger partial charge on any atom is -0.379 e. The summed E-state index contributed by atoms with van der Waals surface area (Å²) in [5.41, 5.74) is -0.00901. The van der Waals surface area contributed by atoms with E-state index in [4.69, 9.17) is 4.74 Å². The van der Waals surface area contributed by atoms with E-state index in [0.29, 0.717) is 19.0 Å². The van der Waals surface area contributed by atoms with Gasteiger partial charge in [0, 0.05) is 44.2 Å². The van der Waals surface area contributed by atoms with Crippen LogP contribution in [0.5, 0.6) is 0 Å². The van der Waals surface area contributed by atoms with Gasteiger partial charge in [-0.2, -0.15) is 0 Å². The second kappa shape index (κ2) is 7.82. The first-order valence-corrected chi connectivity index (χ1v) is 7.25. The Hall–Kier alpha value is -0.650. The number of carbonyl (C=O) groups excluding carboxylic acids is 1. The van der Waals surface area contributed by atoms with E-state index in [1.807, 2.05) is 0 Å². The highest BCUT2D eigenvalue weighted by atomic mass is 16.5. The first-order valence-electron chi connectivity index (χ1n) is 7.25. The van der Waals surface area contributed by atoms with Crippen molar-refractivity contribution in [3.63, 3.8) is 0 Å². The fourth-order valence-electron chi connectivity index (χ4n) is 2.16. The highest BCUT2D eigenvalue weighted by Gasteiger charge is 2.28. The summed E-state index contributed by atoms with van der Waals surface area (Å²) in [6.07, 6.45) is 0.539. The zero-order chi connectivity index (χ0) is 14.3. The Bertz CT molecular complexity index is 274. The first kappa shape index (κ1) is 16.4. The molecule has 0 bridgehead atoms. The van der Waals surface area contributed by atoms with Crippen LogP contribution >= 0.6 is 0 Å². The van der Waals surface area contributed by atoms with Crippen molar-refractivity contribution in [2.45, 2.75) is 45.7 Å². The molecule has 0 aromatic carbocycles. The molecule has 19 heavy (non-hydrogen) atoms. The van der Waals surface area contributed by atoms with Crippen molar-refractivity contribution < 1.29 is 9.53 Å². The van der Waals surface area contributed by atoms with Crippen molar-refractivity contribution in [2.24, 2.45) is 0 Å². The summed E-state index contributed by atoms with van der Waals surface area (Å²) in [4.78, 5) is 14.1. The number of hydrogen-bond donors (Lipinski definition) is 2. The average Bonchev–Trinajstić information content (AvgIpc) is 2.37. The van der Waals surface area contributed by atoms with Gasteiger partial charge >= 0.3 is 0 Å². The number of amides is 1. The molecule has 1 saturated heterocycles. The summed E-state index contributed by atoms with van der Waals surface area (Å²) in [7, 11) is 0. The predicted octanol–water partition coefficient (Wildman–Crippen LogP) is 0.602. The third-order valence-corrected chi connectivity index (χ3v) is 3.49. The molecule has 0 aromatic heterocycles. The van der Waals surface area contributed by atoms with Gasteiger partial charge in [0.2, 0.25) is 5.91 Å². The summed E-state index contributed by atoms with van der Waals surface area (Å²) >= 11 is 0. The van der Waals surface area contributed by atoms with E-state index < -0.39 is 0 Å². The Morgan fingerprint density at radius 3 is 2.53 bits per heavy atom. The maximum Gasteiger partial charge on any atom is 0.221 e. The van der Waals surface area contributed by atoms with Gasteiger partial charge in [-0.15, -0.1) is 0 Å². The van der Waals surface area contributed by atoms with Crippen molar-refractivity contribution in [2.75, 3.05) is 39.4 Å². The highest BCUT2D eigenvalue weighted by Crippen LogP contribution is 2.14. The van der Waals surface area contributed by atoms with Crippen LogP contribution in [-0.4, -0.2) is 61.8 Å². The molecule has 0 aliphatic carbocycles. The number of rotatable bonds is 7. The largest absolute Gasteiger partial charge is 0.379 e. The van der Waals surface area contributed by atoms with Crippen LogP contribution in [0, 0.1) is 0 Å².